The molecule has 0 aliphatic carbocycles. The molecule has 0 unspecified atom stereocenters. The minimum atomic E-state index is -0.493. The van der Waals surface area contributed by atoms with Gasteiger partial charge in [-0.3, -0.25) is 14.3 Å². The van der Waals surface area contributed by atoms with E-state index >= 15 is 0 Å². The number of nitrogens with zero attached hydrogens (tertiary/aromatic N) is 2. The van der Waals surface area contributed by atoms with Gasteiger partial charge in [-0.05, 0) is 6.07 Å². The third kappa shape index (κ3) is 2.62. The van der Waals surface area contributed by atoms with Gasteiger partial charge in [0.15, 0.2) is 0 Å². The Morgan fingerprint density at radius 1 is 1.33 bits per heavy atom. The molecule has 2 aromatic heterocycles. The Bertz CT molecular complexity index is 818. The van der Waals surface area contributed by atoms with Gasteiger partial charge in [0.1, 0.15) is 6.54 Å². The summed E-state index contributed by atoms with van der Waals surface area (Å²) in [6.07, 6.45) is 4.68. The second-order valence-corrected chi connectivity index (χ2v) is 4.59. The fourth-order valence-electron chi connectivity index (χ4n) is 2.13. The van der Waals surface area contributed by atoms with Crippen molar-refractivity contribution in [3.05, 3.63) is 48.4 Å². The fraction of sp³-hybridized carbons (Fsp3) is 0.0714. The first-order valence-electron chi connectivity index (χ1n) is 6.32. The van der Waals surface area contributed by atoms with Crippen LogP contribution in [-0.2, 0) is 11.3 Å². The molecule has 3 aromatic rings. The van der Waals surface area contributed by atoms with Crippen LogP contribution in [0.3, 0.4) is 0 Å². The minimum Gasteiger partial charge on any atom is -0.368 e. The number of rotatable bonds is 4. The van der Waals surface area contributed by atoms with Crippen molar-refractivity contribution in [3.8, 4) is 0 Å². The lowest BCUT2D eigenvalue weighted by atomic mass is 10.1. The van der Waals surface area contributed by atoms with E-state index in [0.717, 1.165) is 10.9 Å². The Morgan fingerprint density at radius 2 is 2.14 bits per heavy atom. The number of carbonyl (C=O) groups is 2. The first kappa shape index (κ1) is 12.9. The molecule has 0 saturated heterocycles. The normalized spacial score (nSPS) is 10.7. The Hall–Kier alpha value is -3.09. The summed E-state index contributed by atoms with van der Waals surface area (Å²) in [5.74, 6) is -0.737. The lowest BCUT2D eigenvalue weighted by Crippen LogP contribution is -2.18. The maximum Gasteiger partial charge on any atom is 0.257 e. The molecule has 2 heterocycles. The molecule has 7 heteroatoms. The highest BCUT2D eigenvalue weighted by molar-refractivity contribution is 6.12. The monoisotopic (exact) mass is 283 g/mol. The number of nitrogens with one attached hydrogen (secondary N) is 2. The number of amides is 2. The molecule has 0 bridgehead atoms. The van der Waals surface area contributed by atoms with Crippen molar-refractivity contribution in [1.29, 1.82) is 0 Å². The fourth-order valence-corrected chi connectivity index (χ4v) is 2.13. The lowest BCUT2D eigenvalue weighted by Gasteiger charge is -2.00. The second-order valence-electron chi connectivity index (χ2n) is 4.59. The summed E-state index contributed by atoms with van der Waals surface area (Å²) < 4.78 is 1.37. The van der Waals surface area contributed by atoms with Crippen molar-refractivity contribution in [3.63, 3.8) is 0 Å². The molecule has 0 radical (unpaired) electrons. The third-order valence-electron chi connectivity index (χ3n) is 3.04. The van der Waals surface area contributed by atoms with Crippen molar-refractivity contribution in [2.75, 3.05) is 5.32 Å². The van der Waals surface area contributed by atoms with Crippen molar-refractivity contribution >= 4 is 28.4 Å². The first-order valence-corrected chi connectivity index (χ1v) is 6.32. The summed E-state index contributed by atoms with van der Waals surface area (Å²) in [4.78, 5) is 26.1. The van der Waals surface area contributed by atoms with E-state index < -0.39 is 5.91 Å². The summed E-state index contributed by atoms with van der Waals surface area (Å²) >= 11 is 0. The van der Waals surface area contributed by atoms with Crippen LogP contribution < -0.4 is 11.1 Å². The molecular formula is C14H13N5O2. The predicted molar refractivity (Wildman–Crippen MR) is 77.7 cm³/mol. The van der Waals surface area contributed by atoms with Gasteiger partial charge in [-0.2, -0.15) is 5.10 Å². The Labute approximate surface area is 119 Å². The van der Waals surface area contributed by atoms with E-state index in [1.165, 1.54) is 10.9 Å². The summed E-state index contributed by atoms with van der Waals surface area (Å²) in [5, 5.41) is 7.53. The number of hydrogen-bond donors (Lipinski definition) is 3. The number of aromatic amines is 1. The van der Waals surface area contributed by atoms with Crippen molar-refractivity contribution in [2.45, 2.75) is 6.54 Å². The van der Waals surface area contributed by atoms with Crippen molar-refractivity contribution in [1.82, 2.24) is 14.8 Å². The van der Waals surface area contributed by atoms with Crippen LogP contribution in [0, 0.1) is 0 Å². The molecule has 2 amide bonds. The van der Waals surface area contributed by atoms with Crippen LogP contribution in [0.25, 0.3) is 10.9 Å². The number of fused-ring (bicyclic) bond motifs is 1. The molecule has 4 N–H and O–H groups in total. The summed E-state index contributed by atoms with van der Waals surface area (Å²) in [7, 11) is 0. The average molecular weight is 283 g/mol. The zero-order valence-electron chi connectivity index (χ0n) is 11.0. The molecular weight excluding hydrogens is 270 g/mol. The number of H-pyrrole nitrogens is 1. The first-order chi connectivity index (χ1) is 10.1. The zero-order valence-corrected chi connectivity index (χ0v) is 11.0. The molecule has 0 spiro atoms. The van der Waals surface area contributed by atoms with Gasteiger partial charge in [0, 0.05) is 23.3 Å². The highest BCUT2D eigenvalue weighted by Crippen LogP contribution is 2.19. The maximum atomic E-state index is 12.3. The molecule has 0 saturated carbocycles. The lowest BCUT2D eigenvalue weighted by molar-refractivity contribution is -0.118. The zero-order chi connectivity index (χ0) is 14.8. The molecule has 0 atom stereocenters. The van der Waals surface area contributed by atoms with Crippen molar-refractivity contribution in [2.24, 2.45) is 5.73 Å². The van der Waals surface area contributed by atoms with Crippen LogP contribution in [-0.4, -0.2) is 26.6 Å². The maximum absolute atomic E-state index is 12.3. The topological polar surface area (TPSA) is 106 Å². The number of aromatic nitrogens is 3. The van der Waals surface area contributed by atoms with Gasteiger partial charge >= 0.3 is 0 Å². The molecule has 21 heavy (non-hydrogen) atoms. The van der Waals surface area contributed by atoms with E-state index in [1.807, 2.05) is 24.3 Å². The highest BCUT2D eigenvalue weighted by atomic mass is 16.2. The van der Waals surface area contributed by atoms with Gasteiger partial charge in [0.2, 0.25) is 5.91 Å². The average Bonchev–Trinajstić information content (AvgIpc) is 3.04. The van der Waals surface area contributed by atoms with Crippen molar-refractivity contribution < 1.29 is 9.59 Å². The van der Waals surface area contributed by atoms with Crippen LogP contribution in [0.2, 0.25) is 0 Å². The smallest absolute Gasteiger partial charge is 0.257 e. The molecule has 7 nitrogen and oxygen atoms in total. The van der Waals surface area contributed by atoms with E-state index in [1.54, 1.807) is 12.4 Å². The summed E-state index contributed by atoms with van der Waals surface area (Å²) in [5.41, 5.74) is 7.03. The molecule has 1 aromatic carbocycles. The second kappa shape index (κ2) is 5.12. The van der Waals surface area contributed by atoms with E-state index in [0.29, 0.717) is 11.3 Å². The van der Waals surface area contributed by atoms with Crippen LogP contribution in [0.4, 0.5) is 5.69 Å². The van der Waals surface area contributed by atoms with Gasteiger partial charge in [-0.1, -0.05) is 18.2 Å². The number of para-hydroxylation sites is 1. The summed E-state index contributed by atoms with van der Waals surface area (Å²) in [6.45, 7) is -0.0248. The number of hydrogen-bond acceptors (Lipinski definition) is 3. The van der Waals surface area contributed by atoms with Gasteiger partial charge in [-0.25, -0.2) is 0 Å². The van der Waals surface area contributed by atoms with Gasteiger partial charge in [-0.15, -0.1) is 0 Å². The Kier molecular flexibility index (Phi) is 3.15. The number of nitrogens with two attached hydrogens (primary N) is 1. The molecule has 0 aliphatic heterocycles. The quantitative estimate of drug-likeness (QED) is 0.667. The van der Waals surface area contributed by atoms with E-state index in [9.17, 15) is 9.59 Å². The van der Waals surface area contributed by atoms with Crippen LogP contribution >= 0.6 is 0 Å². The number of carbonyl (C=O) groups excluding carboxylic acids is 2. The Morgan fingerprint density at radius 3 is 2.95 bits per heavy atom. The molecule has 0 fully saturated rings. The SMILES string of the molecule is NC(=O)Cn1cc(NC(=O)c2c[nH]c3ccccc23)cn1. The van der Waals surface area contributed by atoms with Crippen LogP contribution in [0.1, 0.15) is 10.4 Å². The van der Waals surface area contributed by atoms with Gasteiger partial charge in [0.25, 0.3) is 5.91 Å². The van der Waals surface area contributed by atoms with Gasteiger partial charge in [0.05, 0.1) is 17.4 Å². The predicted octanol–water partition coefficient (Wildman–Crippen LogP) is 1.10. The van der Waals surface area contributed by atoms with E-state index in [2.05, 4.69) is 15.4 Å². The number of anilines is 1. The Balaban J connectivity index is 1.80. The van der Waals surface area contributed by atoms with Crippen LogP contribution in [0.5, 0.6) is 0 Å². The van der Waals surface area contributed by atoms with E-state index in [-0.39, 0.29) is 12.5 Å². The van der Waals surface area contributed by atoms with E-state index in [4.69, 9.17) is 5.73 Å². The molecule has 3 rings (SSSR count). The number of primary amides is 1. The third-order valence-corrected chi connectivity index (χ3v) is 3.04. The minimum absolute atomic E-state index is 0.0248. The van der Waals surface area contributed by atoms with Crippen LogP contribution in [0.15, 0.2) is 42.9 Å². The number of benzene rings is 1. The molecule has 0 aliphatic rings. The molecule has 106 valence electrons. The standard InChI is InChI=1S/C14H13N5O2/c15-13(20)8-19-7-9(5-17-19)18-14(21)11-6-16-12-4-2-1-3-10(11)12/h1-7,16H,8H2,(H2,15,20)(H,18,21). The highest BCUT2D eigenvalue weighted by Gasteiger charge is 2.12. The van der Waals surface area contributed by atoms with Gasteiger partial charge < -0.3 is 16.0 Å². The summed E-state index contributed by atoms with van der Waals surface area (Å²) in [6, 6.07) is 7.54. The largest absolute Gasteiger partial charge is 0.368 e.